The first-order chi connectivity index (χ1) is 8.22. The maximum Gasteiger partial charge on any atom is 0.168 e. The van der Waals surface area contributed by atoms with E-state index in [1.807, 2.05) is 11.8 Å². The van der Waals surface area contributed by atoms with Crippen molar-refractivity contribution in [1.29, 1.82) is 0 Å². The third kappa shape index (κ3) is 2.72. The number of pyridine rings is 1. The summed E-state index contributed by atoms with van der Waals surface area (Å²) in [5.74, 6) is -0.945. The molecule has 2 heterocycles. The quantitative estimate of drug-likeness (QED) is 0.873. The highest BCUT2D eigenvalue weighted by atomic mass is 19.1. The number of rotatable bonds is 4. The van der Waals surface area contributed by atoms with Gasteiger partial charge in [-0.2, -0.15) is 0 Å². The Kier molecular flexibility index (Phi) is 3.89. The van der Waals surface area contributed by atoms with E-state index in [2.05, 4.69) is 10.3 Å². The first-order valence-corrected chi connectivity index (χ1v) is 6.00. The van der Waals surface area contributed by atoms with E-state index in [9.17, 15) is 8.78 Å². The largest absolute Gasteiger partial charge is 0.350 e. The first kappa shape index (κ1) is 12.2. The molecule has 1 fully saturated rings. The molecule has 0 aliphatic carbocycles. The van der Waals surface area contributed by atoms with Gasteiger partial charge in [0.25, 0.3) is 0 Å². The lowest BCUT2D eigenvalue weighted by Gasteiger charge is -2.29. The predicted octanol–water partition coefficient (Wildman–Crippen LogP) is 1.94. The summed E-state index contributed by atoms with van der Waals surface area (Å²) in [7, 11) is 0. The molecular formula is C12H17F2N3. The van der Waals surface area contributed by atoms with Crippen LogP contribution in [0.1, 0.15) is 19.8 Å². The van der Waals surface area contributed by atoms with E-state index in [1.54, 1.807) is 0 Å². The minimum Gasteiger partial charge on any atom is -0.350 e. The molecule has 0 saturated carbocycles. The summed E-state index contributed by atoms with van der Waals surface area (Å²) in [5.41, 5.74) is 0. The first-order valence-electron chi connectivity index (χ1n) is 6.00. The maximum atomic E-state index is 13.7. The highest BCUT2D eigenvalue weighted by Gasteiger charge is 2.25. The summed E-state index contributed by atoms with van der Waals surface area (Å²) in [4.78, 5) is 5.83. The van der Waals surface area contributed by atoms with E-state index in [0.717, 1.165) is 44.7 Å². The Morgan fingerprint density at radius 2 is 2.35 bits per heavy atom. The lowest BCUT2D eigenvalue weighted by molar-refractivity contribution is 0.547. The van der Waals surface area contributed by atoms with Crippen molar-refractivity contribution in [2.75, 3.05) is 24.5 Å². The Morgan fingerprint density at radius 3 is 2.94 bits per heavy atom. The Bertz CT molecular complexity index is 378. The molecule has 0 bridgehead atoms. The number of hydrogen-bond acceptors (Lipinski definition) is 3. The van der Waals surface area contributed by atoms with Gasteiger partial charge < -0.3 is 10.2 Å². The fourth-order valence-corrected chi connectivity index (χ4v) is 2.23. The lowest BCUT2D eigenvalue weighted by Crippen LogP contribution is -2.38. The van der Waals surface area contributed by atoms with Gasteiger partial charge in [-0.05, 0) is 19.4 Å². The fourth-order valence-electron chi connectivity index (χ4n) is 2.23. The Hall–Kier alpha value is -1.23. The molecule has 1 atom stereocenters. The number of hydrogen-bond donors (Lipinski definition) is 1. The molecule has 17 heavy (non-hydrogen) atoms. The second-order valence-electron chi connectivity index (χ2n) is 4.30. The average Bonchev–Trinajstić information content (AvgIpc) is 2.80. The van der Waals surface area contributed by atoms with E-state index < -0.39 is 11.6 Å². The van der Waals surface area contributed by atoms with Crippen LogP contribution in [-0.2, 0) is 0 Å². The molecule has 3 nitrogen and oxygen atoms in total. The zero-order chi connectivity index (χ0) is 12.3. The molecule has 94 valence electrons. The summed E-state index contributed by atoms with van der Waals surface area (Å²) in [5, 5.41) is 3.25. The monoisotopic (exact) mass is 241 g/mol. The molecule has 1 saturated heterocycles. The van der Waals surface area contributed by atoms with Gasteiger partial charge in [0.1, 0.15) is 5.82 Å². The van der Waals surface area contributed by atoms with Crippen LogP contribution in [0.15, 0.2) is 12.3 Å². The van der Waals surface area contributed by atoms with Crippen molar-refractivity contribution in [3.8, 4) is 0 Å². The van der Waals surface area contributed by atoms with Crippen molar-refractivity contribution >= 4 is 5.82 Å². The molecule has 0 radical (unpaired) electrons. The van der Waals surface area contributed by atoms with Gasteiger partial charge in [-0.15, -0.1) is 0 Å². The molecule has 1 unspecified atom stereocenters. The van der Waals surface area contributed by atoms with Gasteiger partial charge in [0.2, 0.25) is 0 Å². The minimum absolute atomic E-state index is 0.252. The topological polar surface area (TPSA) is 28.2 Å². The SMILES string of the molecule is CCCN(c1ncc(F)cc1F)C1CCNC1. The van der Waals surface area contributed by atoms with Gasteiger partial charge in [0, 0.05) is 25.2 Å². The number of nitrogens with one attached hydrogen (secondary N) is 1. The van der Waals surface area contributed by atoms with Crippen molar-refractivity contribution in [3.05, 3.63) is 23.9 Å². The van der Waals surface area contributed by atoms with Gasteiger partial charge in [0.05, 0.1) is 6.20 Å². The second-order valence-corrected chi connectivity index (χ2v) is 4.30. The van der Waals surface area contributed by atoms with Crippen molar-refractivity contribution in [2.24, 2.45) is 0 Å². The van der Waals surface area contributed by atoms with E-state index in [-0.39, 0.29) is 11.9 Å². The molecule has 1 aliphatic heterocycles. The minimum atomic E-state index is -0.632. The number of anilines is 1. The van der Waals surface area contributed by atoms with Crippen LogP contribution in [0.25, 0.3) is 0 Å². The van der Waals surface area contributed by atoms with E-state index in [4.69, 9.17) is 0 Å². The van der Waals surface area contributed by atoms with Crippen LogP contribution < -0.4 is 10.2 Å². The van der Waals surface area contributed by atoms with E-state index in [0.29, 0.717) is 0 Å². The average molecular weight is 241 g/mol. The van der Waals surface area contributed by atoms with Gasteiger partial charge in [0.15, 0.2) is 11.6 Å². The molecule has 0 spiro atoms. The van der Waals surface area contributed by atoms with Crippen LogP contribution in [-0.4, -0.2) is 30.7 Å². The Balaban J connectivity index is 2.24. The van der Waals surface area contributed by atoms with Crippen molar-refractivity contribution in [1.82, 2.24) is 10.3 Å². The highest BCUT2D eigenvalue weighted by molar-refractivity contribution is 5.41. The third-order valence-electron chi connectivity index (χ3n) is 3.00. The van der Waals surface area contributed by atoms with Gasteiger partial charge in [-0.1, -0.05) is 6.92 Å². The molecule has 1 N–H and O–H groups in total. The molecule has 1 aliphatic rings. The van der Waals surface area contributed by atoms with Gasteiger partial charge in [-0.25, -0.2) is 13.8 Å². The van der Waals surface area contributed by atoms with E-state index >= 15 is 0 Å². The van der Waals surface area contributed by atoms with Gasteiger partial charge >= 0.3 is 0 Å². The second kappa shape index (κ2) is 5.40. The van der Waals surface area contributed by atoms with Crippen LogP contribution in [0.5, 0.6) is 0 Å². The van der Waals surface area contributed by atoms with Crippen LogP contribution in [0.2, 0.25) is 0 Å². The van der Waals surface area contributed by atoms with Crippen LogP contribution in [0.4, 0.5) is 14.6 Å². The molecule has 1 aromatic heterocycles. The predicted molar refractivity (Wildman–Crippen MR) is 63.1 cm³/mol. The zero-order valence-corrected chi connectivity index (χ0v) is 9.92. The molecule has 0 amide bonds. The normalized spacial score (nSPS) is 19.6. The Morgan fingerprint density at radius 1 is 1.53 bits per heavy atom. The molecule has 5 heteroatoms. The standard InChI is InChI=1S/C12H17F2N3/c1-2-5-17(10-3-4-15-8-10)12-11(14)6-9(13)7-16-12/h6-7,10,15H,2-5,8H2,1H3. The summed E-state index contributed by atoms with van der Waals surface area (Å²) < 4.78 is 26.6. The Labute approximate surface area is 99.8 Å². The highest BCUT2D eigenvalue weighted by Crippen LogP contribution is 2.22. The summed E-state index contributed by atoms with van der Waals surface area (Å²) in [6.07, 6.45) is 2.96. The molecular weight excluding hydrogens is 224 g/mol. The van der Waals surface area contributed by atoms with Crippen molar-refractivity contribution in [3.63, 3.8) is 0 Å². The van der Waals surface area contributed by atoms with Gasteiger partial charge in [-0.3, -0.25) is 0 Å². The number of aromatic nitrogens is 1. The van der Waals surface area contributed by atoms with Crippen LogP contribution >= 0.6 is 0 Å². The molecule has 0 aromatic carbocycles. The third-order valence-corrected chi connectivity index (χ3v) is 3.00. The fraction of sp³-hybridized carbons (Fsp3) is 0.583. The zero-order valence-electron chi connectivity index (χ0n) is 9.92. The lowest BCUT2D eigenvalue weighted by atomic mass is 10.2. The maximum absolute atomic E-state index is 13.7. The summed E-state index contributed by atoms with van der Waals surface area (Å²) in [6, 6.07) is 1.15. The van der Waals surface area contributed by atoms with E-state index in [1.165, 1.54) is 0 Å². The molecule has 2 rings (SSSR count). The molecule has 1 aromatic rings. The smallest absolute Gasteiger partial charge is 0.168 e. The summed E-state index contributed by atoms with van der Waals surface area (Å²) in [6.45, 7) is 4.55. The summed E-state index contributed by atoms with van der Waals surface area (Å²) >= 11 is 0. The van der Waals surface area contributed by atoms with Crippen LogP contribution in [0.3, 0.4) is 0 Å². The number of nitrogens with zero attached hydrogens (tertiary/aromatic N) is 2. The van der Waals surface area contributed by atoms with Crippen molar-refractivity contribution in [2.45, 2.75) is 25.8 Å². The number of halogens is 2. The van der Waals surface area contributed by atoms with Crippen LogP contribution in [0, 0.1) is 11.6 Å². The van der Waals surface area contributed by atoms with Crippen molar-refractivity contribution < 1.29 is 8.78 Å².